The van der Waals surface area contributed by atoms with E-state index in [-0.39, 0.29) is 17.7 Å². The van der Waals surface area contributed by atoms with E-state index in [1.165, 1.54) is 12.8 Å². The Hall–Kier alpha value is -3.94. The van der Waals surface area contributed by atoms with Crippen molar-refractivity contribution in [3.05, 3.63) is 129 Å². The average molecular weight is 727 g/mol. The minimum atomic E-state index is -0.109. The van der Waals surface area contributed by atoms with Crippen LogP contribution < -0.4 is 5.32 Å². The standard InChI is InChI=1S/C37H36Cl2N4O.C4H8O.C2H6/c1-6-30(25-13-15-31-26(17-25)16-22(2)19-40-31)41-20-29(24-10-8-7-9-11-24)32-18-28(33-21-43(33,4)5)37(44)36(42-32)27-14-12-23(3)34(38)35(27)39;1-5-4-2-3-4;1-2/h6-19,29,33,41H,20-21H2,1-5H3;4H,2-3H2,1H3;1-2H3/p+1/b30-6+;;. The third-order valence-corrected chi connectivity index (χ3v) is 10.6. The van der Waals surface area contributed by atoms with Crippen molar-refractivity contribution in [2.75, 3.05) is 34.3 Å². The maximum Gasteiger partial charge on any atom is 0.168 e. The summed E-state index contributed by atoms with van der Waals surface area (Å²) in [4.78, 5) is 9.70. The highest BCUT2D eigenvalue weighted by Crippen LogP contribution is 2.49. The highest BCUT2D eigenvalue weighted by molar-refractivity contribution is 6.44. The molecule has 2 fully saturated rings. The summed E-state index contributed by atoms with van der Waals surface area (Å²) in [5.74, 6) is 0.0564. The van der Waals surface area contributed by atoms with Crippen LogP contribution in [0.3, 0.4) is 0 Å². The van der Waals surface area contributed by atoms with E-state index in [1.807, 2.05) is 52.1 Å². The number of aryl methyl sites for hydroxylation is 2. The zero-order chi connectivity index (χ0) is 36.9. The van der Waals surface area contributed by atoms with Crippen molar-refractivity contribution in [3.63, 3.8) is 0 Å². The van der Waals surface area contributed by atoms with E-state index in [0.717, 1.165) is 61.1 Å². The lowest BCUT2D eigenvalue weighted by atomic mass is 9.92. The highest BCUT2D eigenvalue weighted by atomic mass is 35.5. The maximum absolute atomic E-state index is 11.7. The molecule has 1 saturated carbocycles. The van der Waals surface area contributed by atoms with Crippen molar-refractivity contribution in [1.82, 2.24) is 15.3 Å². The maximum atomic E-state index is 11.7. The van der Waals surface area contributed by atoms with Crippen LogP contribution in [0.15, 0.2) is 85.1 Å². The SMILES string of the molecule is C/C=C(/NCC(c1ccccc1)c1cc(C2C[N+]2(C)C)c(O)c(-c2ccc(C)c(Cl)c2Cl)n1)c1ccc2ncc(C)cc2c1.CC.COC1CC1. The number of halogens is 2. The van der Waals surface area contributed by atoms with Gasteiger partial charge in [-0.3, -0.25) is 4.98 Å². The zero-order valence-electron chi connectivity index (χ0n) is 31.1. The molecule has 8 heteroatoms. The van der Waals surface area contributed by atoms with Crippen molar-refractivity contribution in [2.24, 2.45) is 0 Å². The van der Waals surface area contributed by atoms with Gasteiger partial charge in [0.25, 0.3) is 0 Å². The average Bonchev–Trinajstić information content (AvgIpc) is 4.08. The summed E-state index contributed by atoms with van der Waals surface area (Å²) in [6.45, 7) is 11.6. The number of fused-ring (bicyclic) bond motifs is 1. The molecule has 2 aromatic heterocycles. The summed E-state index contributed by atoms with van der Waals surface area (Å²) in [6.07, 6.45) is 7.21. The first kappa shape index (κ1) is 38.3. The Balaban J connectivity index is 0.000000654. The van der Waals surface area contributed by atoms with Gasteiger partial charge in [-0.25, -0.2) is 4.98 Å². The second kappa shape index (κ2) is 16.6. The third-order valence-electron chi connectivity index (χ3n) is 9.62. The molecule has 0 amide bonds. The molecule has 6 nitrogen and oxygen atoms in total. The van der Waals surface area contributed by atoms with E-state index < -0.39 is 0 Å². The van der Waals surface area contributed by atoms with Crippen LogP contribution in [-0.4, -0.2) is 60.0 Å². The molecule has 2 unspecified atom stereocenters. The van der Waals surface area contributed by atoms with Crippen LogP contribution in [0.25, 0.3) is 27.9 Å². The number of likely N-dealkylation sites (N-methyl/N-ethyl adjacent to an activating group) is 1. The van der Waals surface area contributed by atoms with Crippen molar-refractivity contribution in [3.8, 4) is 17.0 Å². The van der Waals surface area contributed by atoms with Gasteiger partial charge in [0.05, 0.1) is 47.0 Å². The van der Waals surface area contributed by atoms with E-state index in [9.17, 15) is 5.11 Å². The molecule has 268 valence electrons. The van der Waals surface area contributed by atoms with Gasteiger partial charge in [-0.15, -0.1) is 0 Å². The number of hydrogen-bond donors (Lipinski definition) is 2. The second-order valence-electron chi connectivity index (χ2n) is 13.8. The van der Waals surface area contributed by atoms with Gasteiger partial charge < -0.3 is 19.6 Å². The zero-order valence-corrected chi connectivity index (χ0v) is 32.6. The Morgan fingerprint density at radius 2 is 1.71 bits per heavy atom. The molecule has 1 aliphatic heterocycles. The number of allylic oxidation sites excluding steroid dienone is 1. The summed E-state index contributed by atoms with van der Waals surface area (Å²) in [7, 11) is 6.11. The van der Waals surface area contributed by atoms with Gasteiger partial charge >= 0.3 is 0 Å². The molecule has 0 bridgehead atoms. The fraction of sp³-hybridized carbons (Fsp3) is 0.349. The Kier molecular flexibility index (Phi) is 12.5. The molecule has 5 aromatic rings. The summed E-state index contributed by atoms with van der Waals surface area (Å²) in [5, 5.41) is 17.4. The molecule has 7 rings (SSSR count). The van der Waals surface area contributed by atoms with Crippen LogP contribution in [0.2, 0.25) is 10.0 Å². The summed E-state index contributed by atoms with van der Waals surface area (Å²) < 4.78 is 5.66. The topological polar surface area (TPSA) is 67.3 Å². The highest BCUT2D eigenvalue weighted by Gasteiger charge is 2.50. The minimum Gasteiger partial charge on any atom is -0.505 e. The molecule has 0 radical (unpaired) electrons. The Bertz CT molecular complexity index is 2010. The Morgan fingerprint density at radius 1 is 1.00 bits per heavy atom. The first-order chi connectivity index (χ1) is 24.5. The second-order valence-corrected chi connectivity index (χ2v) is 14.5. The number of pyridine rings is 2. The molecular weight excluding hydrogens is 675 g/mol. The van der Waals surface area contributed by atoms with E-state index in [2.05, 4.69) is 92.0 Å². The van der Waals surface area contributed by atoms with Gasteiger partial charge in [-0.05, 0) is 80.1 Å². The molecular formula is C43H51Cl2N4O2+. The van der Waals surface area contributed by atoms with Crippen molar-refractivity contribution in [2.45, 2.75) is 65.5 Å². The van der Waals surface area contributed by atoms with E-state index in [4.69, 9.17) is 32.9 Å². The Labute approximate surface area is 313 Å². The predicted molar refractivity (Wildman–Crippen MR) is 214 cm³/mol. The number of aromatic hydroxyl groups is 1. The minimum absolute atomic E-state index is 0.109. The molecule has 0 spiro atoms. The van der Waals surface area contributed by atoms with Gasteiger partial charge in [0.15, 0.2) is 11.8 Å². The van der Waals surface area contributed by atoms with E-state index in [1.54, 1.807) is 7.11 Å². The van der Waals surface area contributed by atoms with Crippen molar-refractivity contribution < 1.29 is 14.3 Å². The van der Waals surface area contributed by atoms with Gasteiger partial charge in [0.1, 0.15) is 12.2 Å². The number of quaternary nitrogens is 1. The van der Waals surface area contributed by atoms with E-state index >= 15 is 0 Å². The fourth-order valence-corrected chi connectivity index (χ4v) is 6.74. The normalized spacial score (nSPS) is 16.7. The number of ether oxygens (including phenoxy) is 1. The number of hydrogen-bond acceptors (Lipinski definition) is 5. The number of nitrogens with zero attached hydrogens (tertiary/aromatic N) is 3. The quantitative estimate of drug-likeness (QED) is 0.117. The van der Waals surface area contributed by atoms with Gasteiger partial charge in [-0.2, -0.15) is 0 Å². The monoisotopic (exact) mass is 725 g/mol. The largest absolute Gasteiger partial charge is 0.505 e. The number of benzene rings is 3. The van der Waals surface area contributed by atoms with Crippen LogP contribution in [-0.2, 0) is 4.74 Å². The smallest absolute Gasteiger partial charge is 0.168 e. The van der Waals surface area contributed by atoms with Crippen molar-refractivity contribution in [1.29, 1.82) is 0 Å². The van der Waals surface area contributed by atoms with Crippen LogP contribution in [0.5, 0.6) is 5.75 Å². The lowest BCUT2D eigenvalue weighted by Gasteiger charge is -2.23. The summed E-state index contributed by atoms with van der Waals surface area (Å²) in [5.41, 5.74) is 9.06. The summed E-state index contributed by atoms with van der Waals surface area (Å²) >= 11 is 13.4. The predicted octanol–water partition coefficient (Wildman–Crippen LogP) is 10.7. The molecule has 2 N–H and O–H groups in total. The van der Waals surface area contributed by atoms with E-state index in [0.29, 0.717) is 34.0 Å². The summed E-state index contributed by atoms with van der Waals surface area (Å²) in [6, 6.07) is 25.0. The van der Waals surface area contributed by atoms with Crippen LogP contribution in [0, 0.1) is 13.8 Å². The molecule has 1 aliphatic carbocycles. The van der Waals surface area contributed by atoms with Crippen molar-refractivity contribution >= 4 is 39.8 Å². The lowest BCUT2D eigenvalue weighted by Crippen LogP contribution is -2.22. The van der Waals surface area contributed by atoms with Gasteiger partial charge in [-0.1, -0.05) is 91.7 Å². The molecule has 3 aromatic carbocycles. The molecule has 51 heavy (non-hydrogen) atoms. The third kappa shape index (κ3) is 8.93. The van der Waals surface area contributed by atoms with Gasteiger partial charge in [0.2, 0.25) is 0 Å². The fourth-order valence-electron chi connectivity index (χ4n) is 6.28. The van der Waals surface area contributed by atoms with Crippen LogP contribution in [0.4, 0.5) is 0 Å². The molecule has 1 saturated heterocycles. The van der Waals surface area contributed by atoms with Crippen LogP contribution in [0.1, 0.15) is 79.1 Å². The number of methoxy groups -OCH3 is 1. The molecule has 2 atom stereocenters. The molecule has 2 aliphatic rings. The van der Waals surface area contributed by atoms with Crippen LogP contribution >= 0.6 is 23.2 Å². The lowest BCUT2D eigenvalue weighted by molar-refractivity contribution is -0.772. The number of nitrogens with one attached hydrogen (secondary N) is 1. The Morgan fingerprint density at radius 3 is 2.31 bits per heavy atom. The molecule has 3 heterocycles. The first-order valence-corrected chi connectivity index (χ1v) is 18.6. The number of aromatic nitrogens is 2. The number of rotatable bonds is 9. The van der Waals surface area contributed by atoms with Gasteiger partial charge in [0, 0.05) is 42.4 Å². The first-order valence-electron chi connectivity index (χ1n) is 17.9.